The molecule has 0 aromatic carbocycles. The largest absolute Gasteiger partial charge is 0.395 e. The van der Waals surface area contributed by atoms with E-state index in [9.17, 15) is 0 Å². The zero-order valence-corrected chi connectivity index (χ0v) is 7.49. The smallest absolute Gasteiger partial charge is 0.0550 e. The Kier molecular flexibility index (Phi) is 2.83. The van der Waals surface area contributed by atoms with Crippen molar-refractivity contribution >= 4 is 5.71 Å². The fraction of sp³-hybridized carbons (Fsp3) is 0.625. The Bertz CT molecular complexity index is 222. The van der Waals surface area contributed by atoms with Crippen LogP contribution in [0.3, 0.4) is 0 Å². The number of aliphatic hydroxyl groups is 1. The molecule has 0 fully saturated rings. The van der Waals surface area contributed by atoms with Crippen molar-refractivity contribution in [1.82, 2.24) is 5.12 Å². The van der Waals surface area contributed by atoms with Crippen molar-refractivity contribution in [2.24, 2.45) is 16.9 Å². The van der Waals surface area contributed by atoms with Crippen LogP contribution in [0.2, 0.25) is 0 Å². The maximum absolute atomic E-state index is 9.07. The van der Waals surface area contributed by atoms with Crippen LogP contribution in [0.5, 0.6) is 0 Å². The number of hydrazine groups is 1. The van der Waals surface area contributed by atoms with Gasteiger partial charge in [0.2, 0.25) is 0 Å². The Morgan fingerprint density at radius 1 is 1.75 bits per heavy atom. The van der Waals surface area contributed by atoms with Gasteiger partial charge in [0.15, 0.2) is 0 Å². The van der Waals surface area contributed by atoms with Gasteiger partial charge in [-0.05, 0) is 18.9 Å². The molecule has 68 valence electrons. The molecule has 1 aliphatic heterocycles. The number of hydrogen-bond acceptors (Lipinski definition) is 4. The summed E-state index contributed by atoms with van der Waals surface area (Å²) >= 11 is 0. The number of hydrazone groups is 1. The first kappa shape index (κ1) is 9.22. The van der Waals surface area contributed by atoms with Gasteiger partial charge in [-0.25, -0.2) is 11.0 Å². The first-order valence-electron chi connectivity index (χ1n) is 4.09. The quantitative estimate of drug-likeness (QED) is 0.590. The van der Waals surface area contributed by atoms with E-state index in [1.165, 1.54) is 5.12 Å². The monoisotopic (exact) mass is 169 g/mol. The van der Waals surface area contributed by atoms with Gasteiger partial charge >= 0.3 is 0 Å². The van der Waals surface area contributed by atoms with E-state index in [1.54, 1.807) is 6.20 Å². The second-order valence-electron chi connectivity index (χ2n) is 2.91. The number of nitrogens with zero attached hydrogens (tertiary/aromatic N) is 2. The second-order valence-corrected chi connectivity index (χ2v) is 2.91. The molecule has 12 heavy (non-hydrogen) atoms. The van der Waals surface area contributed by atoms with Crippen molar-refractivity contribution in [2.75, 3.05) is 6.61 Å². The van der Waals surface area contributed by atoms with Gasteiger partial charge < -0.3 is 5.11 Å². The lowest BCUT2D eigenvalue weighted by Gasteiger charge is -2.24. The molecule has 1 atom stereocenters. The molecule has 0 aliphatic carbocycles. The van der Waals surface area contributed by atoms with Gasteiger partial charge in [-0.1, -0.05) is 6.92 Å². The minimum Gasteiger partial charge on any atom is -0.395 e. The van der Waals surface area contributed by atoms with E-state index in [1.807, 2.05) is 13.8 Å². The molecule has 1 aliphatic rings. The van der Waals surface area contributed by atoms with Gasteiger partial charge in [0.25, 0.3) is 0 Å². The Balaban J connectivity index is 2.84. The van der Waals surface area contributed by atoms with Crippen molar-refractivity contribution in [3.05, 3.63) is 11.8 Å². The zero-order valence-electron chi connectivity index (χ0n) is 7.49. The summed E-state index contributed by atoms with van der Waals surface area (Å²) < 4.78 is 0. The lowest BCUT2D eigenvalue weighted by atomic mass is 9.93. The van der Waals surface area contributed by atoms with Crippen LogP contribution in [0.1, 0.15) is 20.3 Å². The summed E-state index contributed by atoms with van der Waals surface area (Å²) in [5.41, 5.74) is 2.01. The second kappa shape index (κ2) is 3.69. The van der Waals surface area contributed by atoms with Crippen LogP contribution < -0.4 is 5.84 Å². The van der Waals surface area contributed by atoms with Crippen molar-refractivity contribution in [3.8, 4) is 0 Å². The first-order valence-corrected chi connectivity index (χ1v) is 4.09. The summed E-state index contributed by atoms with van der Waals surface area (Å²) in [6.45, 7) is 4.03. The van der Waals surface area contributed by atoms with Crippen molar-refractivity contribution in [3.63, 3.8) is 0 Å². The van der Waals surface area contributed by atoms with Gasteiger partial charge in [-0.15, -0.1) is 0 Å². The summed E-state index contributed by atoms with van der Waals surface area (Å²) in [6, 6.07) is 0. The molecule has 1 unspecified atom stereocenters. The third-order valence-corrected chi connectivity index (χ3v) is 2.11. The van der Waals surface area contributed by atoms with Crippen LogP contribution in [0.4, 0.5) is 0 Å². The molecule has 0 spiro atoms. The Labute approximate surface area is 72.3 Å². The van der Waals surface area contributed by atoms with E-state index >= 15 is 0 Å². The summed E-state index contributed by atoms with van der Waals surface area (Å²) in [4.78, 5) is 0. The molecule has 4 nitrogen and oxygen atoms in total. The zero-order chi connectivity index (χ0) is 9.14. The Hall–Kier alpha value is -0.870. The molecule has 0 aromatic rings. The number of aliphatic hydroxyl groups excluding tert-OH is 1. The van der Waals surface area contributed by atoms with Crippen molar-refractivity contribution in [1.29, 1.82) is 0 Å². The van der Waals surface area contributed by atoms with Crippen LogP contribution in [-0.4, -0.2) is 22.5 Å². The number of rotatable bonds is 2. The predicted molar refractivity (Wildman–Crippen MR) is 48.1 cm³/mol. The summed E-state index contributed by atoms with van der Waals surface area (Å²) in [6.07, 6.45) is 2.67. The van der Waals surface area contributed by atoms with Crippen molar-refractivity contribution < 1.29 is 5.11 Å². The SMILES string of the molecule is CCC1=CN(N)N=C(C)C1CO. The van der Waals surface area contributed by atoms with E-state index in [-0.39, 0.29) is 12.5 Å². The van der Waals surface area contributed by atoms with Gasteiger partial charge in [-0.3, -0.25) is 0 Å². The van der Waals surface area contributed by atoms with E-state index in [2.05, 4.69) is 5.10 Å². The van der Waals surface area contributed by atoms with Crippen LogP contribution >= 0.6 is 0 Å². The lowest BCUT2D eigenvalue weighted by molar-refractivity contribution is 0.265. The fourth-order valence-corrected chi connectivity index (χ4v) is 1.40. The number of hydrogen-bond donors (Lipinski definition) is 2. The maximum atomic E-state index is 9.07. The molecule has 3 N–H and O–H groups in total. The van der Waals surface area contributed by atoms with Crippen LogP contribution in [0.25, 0.3) is 0 Å². The molecule has 0 saturated carbocycles. The van der Waals surface area contributed by atoms with Gasteiger partial charge in [-0.2, -0.15) is 5.10 Å². The number of nitrogens with two attached hydrogens (primary N) is 1. The van der Waals surface area contributed by atoms with Crippen LogP contribution in [0, 0.1) is 5.92 Å². The molecule has 1 rings (SSSR count). The third-order valence-electron chi connectivity index (χ3n) is 2.11. The summed E-state index contributed by atoms with van der Waals surface area (Å²) in [5.74, 6) is 5.56. The minimum absolute atomic E-state index is 0.0646. The Morgan fingerprint density at radius 3 is 2.92 bits per heavy atom. The highest BCUT2D eigenvalue weighted by Gasteiger charge is 2.19. The van der Waals surface area contributed by atoms with Gasteiger partial charge in [0.1, 0.15) is 0 Å². The van der Waals surface area contributed by atoms with Crippen LogP contribution in [0.15, 0.2) is 16.9 Å². The highest BCUT2D eigenvalue weighted by atomic mass is 16.3. The molecule has 0 bridgehead atoms. The van der Waals surface area contributed by atoms with E-state index < -0.39 is 0 Å². The average Bonchev–Trinajstić information content (AvgIpc) is 2.03. The highest BCUT2D eigenvalue weighted by Crippen LogP contribution is 2.20. The molecule has 1 heterocycles. The van der Waals surface area contributed by atoms with Crippen LogP contribution in [-0.2, 0) is 0 Å². The first-order chi connectivity index (χ1) is 5.69. The van der Waals surface area contributed by atoms with E-state index in [4.69, 9.17) is 10.9 Å². The maximum Gasteiger partial charge on any atom is 0.0550 e. The lowest BCUT2D eigenvalue weighted by Crippen LogP contribution is -2.31. The summed E-state index contributed by atoms with van der Waals surface area (Å²) in [5, 5.41) is 14.4. The Morgan fingerprint density at radius 2 is 2.42 bits per heavy atom. The third kappa shape index (κ3) is 1.65. The predicted octanol–water partition coefficient (Wildman–Crippen LogP) is 0.454. The van der Waals surface area contributed by atoms with Crippen molar-refractivity contribution in [2.45, 2.75) is 20.3 Å². The molecular formula is C8H15N3O. The molecule has 0 saturated heterocycles. The molecule has 0 aromatic heterocycles. The minimum atomic E-state index is 0.0646. The molecular weight excluding hydrogens is 154 g/mol. The fourth-order valence-electron chi connectivity index (χ4n) is 1.40. The van der Waals surface area contributed by atoms with E-state index in [0.29, 0.717) is 0 Å². The topological polar surface area (TPSA) is 61.8 Å². The standard InChI is InChI=1S/C8H15N3O/c1-3-7-4-11(9)10-6(2)8(7)5-12/h4,8,12H,3,5,9H2,1-2H3. The highest BCUT2D eigenvalue weighted by molar-refractivity contribution is 5.87. The normalized spacial score (nSPS) is 23.7. The molecule has 0 radical (unpaired) electrons. The average molecular weight is 169 g/mol. The summed E-state index contributed by atoms with van der Waals surface area (Å²) in [7, 11) is 0. The van der Waals surface area contributed by atoms with Gasteiger partial charge in [0.05, 0.1) is 6.61 Å². The molecule has 0 amide bonds. The molecule has 4 heteroatoms. The van der Waals surface area contributed by atoms with E-state index in [0.717, 1.165) is 17.7 Å². The van der Waals surface area contributed by atoms with Gasteiger partial charge in [0, 0.05) is 17.8 Å².